The number of nitrogens with zero attached hydrogens (tertiary/aromatic N) is 3. The van der Waals surface area contributed by atoms with E-state index in [-0.39, 0.29) is 18.1 Å². The van der Waals surface area contributed by atoms with Crippen LogP contribution < -0.4 is 10.1 Å². The van der Waals surface area contributed by atoms with Crippen molar-refractivity contribution < 1.29 is 9.53 Å². The molecule has 5 aromatic rings. The predicted octanol–water partition coefficient (Wildman–Crippen LogP) is 9.30. The maximum absolute atomic E-state index is 14.4. The van der Waals surface area contributed by atoms with E-state index >= 15 is 0 Å². The number of benzene rings is 3. The monoisotopic (exact) mass is 665 g/mol. The second kappa shape index (κ2) is 14.1. The summed E-state index contributed by atoms with van der Waals surface area (Å²) >= 11 is 12.7. The number of carbonyl (C=O) groups excluding carboxylic acids is 1. The lowest BCUT2D eigenvalue weighted by Gasteiger charge is -2.32. The third-order valence-electron chi connectivity index (χ3n) is 8.66. The van der Waals surface area contributed by atoms with Crippen molar-refractivity contribution in [2.45, 2.75) is 32.4 Å². The van der Waals surface area contributed by atoms with E-state index < -0.39 is 0 Å². The van der Waals surface area contributed by atoms with Gasteiger partial charge in [0.15, 0.2) is 0 Å². The number of amides is 1. The summed E-state index contributed by atoms with van der Waals surface area (Å²) in [6, 6.07) is 27.0. The summed E-state index contributed by atoms with van der Waals surface area (Å²) in [6.07, 6.45) is 4.37. The third kappa shape index (κ3) is 6.93. The second-order valence-electron chi connectivity index (χ2n) is 11.8. The molecule has 0 radical (unpaired) electrons. The van der Waals surface area contributed by atoms with Crippen LogP contribution in [0, 0.1) is 0 Å². The Morgan fingerprint density at radius 3 is 2.53 bits per heavy atom. The van der Waals surface area contributed by atoms with Gasteiger partial charge in [0, 0.05) is 45.8 Å². The fourth-order valence-corrected chi connectivity index (χ4v) is 6.48. The zero-order chi connectivity index (χ0) is 33.1. The first-order valence-electron chi connectivity index (χ1n) is 15.6. The summed E-state index contributed by atoms with van der Waals surface area (Å²) in [7, 11) is 2.07. The van der Waals surface area contributed by atoms with Crippen LogP contribution in [-0.4, -0.2) is 51.9 Å². The highest BCUT2D eigenvalue weighted by molar-refractivity contribution is 6.31. The van der Waals surface area contributed by atoms with Crippen molar-refractivity contribution in [1.82, 2.24) is 19.8 Å². The standard InChI is InChI=1S/C38H37Cl2N5O2/c1-5-45(25(3)27-13-15-28(39)16-14-27)36(24(2)26-10-7-6-8-11-26)34-31-18-17-29(40)22-33(31)42-35(34)37(46)43-32-12-9-20-41-38(32)47-30-19-21-44(4)23-30/h5-18,20,22,25,30,42H,1,19,21,23H2,2-4H3,(H,43,46)/b36-24+. The highest BCUT2D eigenvalue weighted by atomic mass is 35.5. The Balaban J connectivity index is 1.50. The van der Waals surface area contributed by atoms with E-state index in [2.05, 4.69) is 64.7 Å². The lowest BCUT2D eigenvalue weighted by atomic mass is 9.95. The van der Waals surface area contributed by atoms with Crippen LogP contribution in [0.4, 0.5) is 5.69 Å². The van der Waals surface area contributed by atoms with Crippen LogP contribution in [0.3, 0.4) is 0 Å². The number of aromatic amines is 1. The Bertz CT molecular complexity index is 1940. The summed E-state index contributed by atoms with van der Waals surface area (Å²) < 4.78 is 6.27. The van der Waals surface area contributed by atoms with Gasteiger partial charge in [0.1, 0.15) is 17.5 Å². The minimum atomic E-state index is -0.338. The second-order valence-corrected chi connectivity index (χ2v) is 12.7. The number of aromatic nitrogens is 2. The van der Waals surface area contributed by atoms with Crippen LogP contribution in [-0.2, 0) is 0 Å². The molecule has 7 nitrogen and oxygen atoms in total. The molecule has 3 heterocycles. The molecule has 1 aliphatic heterocycles. The van der Waals surface area contributed by atoms with Gasteiger partial charge in [0.2, 0.25) is 5.88 Å². The summed E-state index contributed by atoms with van der Waals surface area (Å²) in [6.45, 7) is 10.2. The lowest BCUT2D eigenvalue weighted by molar-refractivity contribution is 0.102. The van der Waals surface area contributed by atoms with Crippen molar-refractivity contribution in [1.29, 1.82) is 0 Å². The van der Waals surface area contributed by atoms with Crippen molar-refractivity contribution in [3.63, 3.8) is 0 Å². The fraction of sp³-hybridized carbons (Fsp3) is 0.211. The Hall–Kier alpha value is -4.56. The van der Waals surface area contributed by atoms with E-state index in [0.29, 0.717) is 27.3 Å². The number of fused-ring (bicyclic) bond motifs is 1. The summed E-state index contributed by atoms with van der Waals surface area (Å²) in [4.78, 5) is 26.6. The molecule has 2 unspecified atom stereocenters. The number of hydrogen-bond acceptors (Lipinski definition) is 5. The number of halogens is 2. The Labute approximate surface area is 285 Å². The quantitative estimate of drug-likeness (QED) is 0.156. The third-order valence-corrected chi connectivity index (χ3v) is 9.14. The van der Waals surface area contributed by atoms with E-state index in [9.17, 15) is 4.79 Å². The highest BCUT2D eigenvalue weighted by Crippen LogP contribution is 2.41. The van der Waals surface area contributed by atoms with Crippen LogP contribution >= 0.6 is 23.2 Å². The lowest BCUT2D eigenvalue weighted by Crippen LogP contribution is -2.24. The van der Waals surface area contributed by atoms with Gasteiger partial charge in [-0.25, -0.2) is 4.98 Å². The molecule has 3 aromatic carbocycles. The first-order valence-corrected chi connectivity index (χ1v) is 16.3. The molecule has 6 rings (SSSR count). The number of nitrogens with one attached hydrogen (secondary N) is 2. The smallest absolute Gasteiger partial charge is 0.272 e. The first-order chi connectivity index (χ1) is 22.7. The molecule has 0 saturated carbocycles. The van der Waals surface area contributed by atoms with E-state index in [4.69, 9.17) is 27.9 Å². The number of pyridine rings is 1. The number of likely N-dealkylation sites (tertiary alicyclic amines) is 1. The van der Waals surface area contributed by atoms with E-state index in [1.807, 2.05) is 72.9 Å². The zero-order valence-electron chi connectivity index (χ0n) is 26.6. The van der Waals surface area contributed by atoms with Crippen LogP contribution in [0.5, 0.6) is 5.88 Å². The molecule has 0 spiro atoms. The Kier molecular flexibility index (Phi) is 9.68. The predicted molar refractivity (Wildman–Crippen MR) is 193 cm³/mol. The normalized spacial score (nSPS) is 16.1. The Morgan fingerprint density at radius 2 is 1.83 bits per heavy atom. The van der Waals surface area contributed by atoms with Gasteiger partial charge in [0.05, 0.1) is 11.7 Å². The molecule has 240 valence electrons. The molecule has 0 aliphatic carbocycles. The van der Waals surface area contributed by atoms with E-state index in [1.165, 1.54) is 0 Å². The largest absolute Gasteiger partial charge is 0.471 e. The molecule has 2 N–H and O–H groups in total. The molecular formula is C38H37Cl2N5O2. The zero-order valence-corrected chi connectivity index (χ0v) is 28.1. The molecule has 1 saturated heterocycles. The molecule has 2 aromatic heterocycles. The van der Waals surface area contributed by atoms with Gasteiger partial charge in [0.25, 0.3) is 5.91 Å². The molecule has 47 heavy (non-hydrogen) atoms. The number of H-pyrrole nitrogens is 1. The average Bonchev–Trinajstić information content (AvgIpc) is 3.66. The molecule has 0 bridgehead atoms. The summed E-state index contributed by atoms with van der Waals surface area (Å²) in [5, 5.41) is 5.16. The van der Waals surface area contributed by atoms with E-state index in [0.717, 1.165) is 58.4 Å². The van der Waals surface area contributed by atoms with Crippen molar-refractivity contribution >= 4 is 57.0 Å². The SMILES string of the molecule is C=CN(/C(=C(\C)c1ccccc1)c1c(C(=O)Nc2cccnc2OC2CCN(C)C2)[nH]c2cc(Cl)ccc12)C(C)c1ccc(Cl)cc1. The molecular weight excluding hydrogens is 629 g/mol. The van der Waals surface area contributed by atoms with Gasteiger partial charge in [-0.15, -0.1) is 0 Å². The minimum Gasteiger partial charge on any atom is -0.471 e. The van der Waals surface area contributed by atoms with Gasteiger partial charge >= 0.3 is 0 Å². The van der Waals surface area contributed by atoms with Crippen LogP contribution in [0.15, 0.2) is 104 Å². The van der Waals surface area contributed by atoms with Crippen LogP contribution in [0.2, 0.25) is 10.0 Å². The first kappa shape index (κ1) is 32.4. The van der Waals surface area contributed by atoms with Gasteiger partial charge in [-0.2, -0.15) is 0 Å². The molecule has 1 fully saturated rings. The van der Waals surface area contributed by atoms with Crippen LogP contribution in [0.25, 0.3) is 22.2 Å². The van der Waals surface area contributed by atoms with Gasteiger partial charge in [-0.05, 0) is 86.6 Å². The minimum absolute atomic E-state index is 0.00473. The highest BCUT2D eigenvalue weighted by Gasteiger charge is 2.29. The summed E-state index contributed by atoms with van der Waals surface area (Å²) in [5.41, 5.74) is 6.16. The number of ether oxygens (including phenoxy) is 1. The molecule has 1 aliphatic rings. The maximum Gasteiger partial charge on any atom is 0.272 e. The molecule has 9 heteroatoms. The maximum atomic E-state index is 14.4. The number of anilines is 1. The van der Waals surface area contributed by atoms with Crippen molar-refractivity contribution in [3.8, 4) is 5.88 Å². The average molecular weight is 667 g/mol. The van der Waals surface area contributed by atoms with Crippen molar-refractivity contribution in [2.24, 2.45) is 0 Å². The fourth-order valence-electron chi connectivity index (χ4n) is 6.18. The van der Waals surface area contributed by atoms with Crippen molar-refractivity contribution in [2.75, 3.05) is 25.5 Å². The Morgan fingerprint density at radius 1 is 1.09 bits per heavy atom. The van der Waals surface area contributed by atoms with Crippen molar-refractivity contribution in [3.05, 3.63) is 136 Å². The van der Waals surface area contributed by atoms with Gasteiger partial charge in [-0.1, -0.05) is 78.3 Å². The molecule has 2 atom stereocenters. The van der Waals surface area contributed by atoms with Gasteiger partial charge < -0.3 is 24.8 Å². The summed E-state index contributed by atoms with van der Waals surface area (Å²) in [5.74, 6) is 0.0531. The number of rotatable bonds is 10. The van der Waals surface area contributed by atoms with Crippen LogP contribution in [0.1, 0.15) is 53.5 Å². The number of carbonyl (C=O) groups is 1. The number of allylic oxidation sites excluding steroid dienone is 1. The number of hydrogen-bond donors (Lipinski definition) is 2. The van der Waals surface area contributed by atoms with E-state index in [1.54, 1.807) is 12.3 Å². The number of likely N-dealkylation sites (N-methyl/N-ethyl adjacent to an activating group) is 1. The topological polar surface area (TPSA) is 73.5 Å². The van der Waals surface area contributed by atoms with Gasteiger partial charge in [-0.3, -0.25) is 4.79 Å². The molecule has 1 amide bonds.